The Morgan fingerprint density at radius 2 is 2.05 bits per heavy atom. The summed E-state index contributed by atoms with van der Waals surface area (Å²) in [5.41, 5.74) is 1.65. The van der Waals surface area contributed by atoms with Gasteiger partial charge in [0.1, 0.15) is 0 Å². The third kappa shape index (κ3) is 4.73. The molecule has 0 saturated carbocycles. The molecule has 0 fully saturated rings. The van der Waals surface area contributed by atoms with Crippen LogP contribution >= 0.6 is 0 Å². The zero-order chi connectivity index (χ0) is 15.9. The third-order valence-corrected chi connectivity index (χ3v) is 3.22. The summed E-state index contributed by atoms with van der Waals surface area (Å²) < 4.78 is 4.92. The van der Waals surface area contributed by atoms with Crippen LogP contribution in [0.2, 0.25) is 0 Å². The highest BCUT2D eigenvalue weighted by molar-refractivity contribution is 5.91. The van der Waals surface area contributed by atoms with Crippen molar-refractivity contribution in [2.45, 2.75) is 32.2 Å². The molecule has 0 aliphatic rings. The first-order chi connectivity index (χ1) is 10.5. The Hall–Kier alpha value is -2.63. The van der Waals surface area contributed by atoms with Crippen molar-refractivity contribution >= 4 is 11.9 Å². The predicted octanol–water partition coefficient (Wildman–Crippen LogP) is 2.19. The molecule has 1 atom stereocenters. The summed E-state index contributed by atoms with van der Waals surface area (Å²) in [6, 6.07) is 10.9. The van der Waals surface area contributed by atoms with Gasteiger partial charge in [-0.05, 0) is 25.3 Å². The molecule has 0 radical (unpaired) electrons. The van der Waals surface area contributed by atoms with E-state index in [-0.39, 0.29) is 24.1 Å². The fourth-order valence-corrected chi connectivity index (χ4v) is 2.15. The lowest BCUT2D eigenvalue weighted by Crippen LogP contribution is -2.36. The van der Waals surface area contributed by atoms with E-state index in [4.69, 9.17) is 9.63 Å². The predicted molar refractivity (Wildman–Crippen MR) is 79.5 cm³/mol. The van der Waals surface area contributed by atoms with Crippen molar-refractivity contribution in [2.24, 2.45) is 0 Å². The van der Waals surface area contributed by atoms with Gasteiger partial charge in [-0.15, -0.1) is 0 Å². The number of carboxylic acid groups (broad SMARTS) is 1. The molecule has 116 valence electrons. The van der Waals surface area contributed by atoms with Crippen LogP contribution in [0.3, 0.4) is 0 Å². The number of carboxylic acids is 1. The molecule has 1 amide bonds. The van der Waals surface area contributed by atoms with Crippen molar-refractivity contribution in [1.29, 1.82) is 0 Å². The number of carbonyl (C=O) groups excluding carboxylic acids is 1. The molecule has 2 rings (SSSR count). The molecule has 6 heteroatoms. The van der Waals surface area contributed by atoms with E-state index < -0.39 is 5.97 Å². The average molecular weight is 302 g/mol. The monoisotopic (exact) mass is 302 g/mol. The van der Waals surface area contributed by atoms with Crippen LogP contribution in [-0.2, 0) is 11.2 Å². The van der Waals surface area contributed by atoms with Crippen LogP contribution < -0.4 is 5.32 Å². The van der Waals surface area contributed by atoms with Crippen LogP contribution in [0.1, 0.15) is 34.7 Å². The number of benzene rings is 1. The minimum absolute atomic E-state index is 0.00673. The van der Waals surface area contributed by atoms with E-state index in [1.54, 1.807) is 13.0 Å². The fraction of sp³-hybridized carbons (Fsp3) is 0.312. The zero-order valence-electron chi connectivity index (χ0n) is 12.3. The van der Waals surface area contributed by atoms with E-state index in [0.29, 0.717) is 18.5 Å². The first kappa shape index (κ1) is 15.8. The quantitative estimate of drug-likeness (QED) is 0.818. The lowest BCUT2D eigenvalue weighted by molar-refractivity contribution is -0.137. The molecular weight excluding hydrogens is 284 g/mol. The van der Waals surface area contributed by atoms with Gasteiger partial charge >= 0.3 is 5.97 Å². The van der Waals surface area contributed by atoms with Crippen LogP contribution in [0, 0.1) is 6.92 Å². The Bertz CT molecular complexity index is 637. The molecule has 1 aromatic carbocycles. The molecule has 2 aromatic rings. The van der Waals surface area contributed by atoms with Crippen LogP contribution in [0.25, 0.3) is 0 Å². The molecular formula is C16H18N2O4. The van der Waals surface area contributed by atoms with Crippen molar-refractivity contribution in [3.63, 3.8) is 0 Å². The van der Waals surface area contributed by atoms with E-state index >= 15 is 0 Å². The maximum absolute atomic E-state index is 12.1. The van der Waals surface area contributed by atoms with Crippen molar-refractivity contribution < 1.29 is 19.2 Å². The second-order valence-corrected chi connectivity index (χ2v) is 5.13. The van der Waals surface area contributed by atoms with Crippen LogP contribution in [-0.4, -0.2) is 28.2 Å². The minimum Gasteiger partial charge on any atom is -0.481 e. The van der Waals surface area contributed by atoms with Gasteiger partial charge in [0, 0.05) is 18.5 Å². The Morgan fingerprint density at radius 3 is 2.64 bits per heavy atom. The Labute approximate surface area is 128 Å². The van der Waals surface area contributed by atoms with Crippen LogP contribution in [0.15, 0.2) is 40.9 Å². The van der Waals surface area contributed by atoms with Crippen molar-refractivity contribution in [3.8, 4) is 0 Å². The summed E-state index contributed by atoms with van der Waals surface area (Å²) in [6.45, 7) is 1.73. The van der Waals surface area contributed by atoms with Crippen LogP contribution in [0.5, 0.6) is 0 Å². The summed E-state index contributed by atoms with van der Waals surface area (Å²) in [5, 5.41) is 15.3. The molecule has 0 spiro atoms. The van der Waals surface area contributed by atoms with E-state index in [9.17, 15) is 9.59 Å². The zero-order valence-corrected chi connectivity index (χ0v) is 12.3. The lowest BCUT2D eigenvalue weighted by atomic mass is 10.0. The third-order valence-electron chi connectivity index (χ3n) is 3.22. The van der Waals surface area contributed by atoms with Gasteiger partial charge in [-0.2, -0.15) is 0 Å². The highest BCUT2D eigenvalue weighted by Crippen LogP contribution is 2.10. The number of nitrogens with one attached hydrogen (secondary N) is 1. The smallest absolute Gasteiger partial charge is 0.303 e. The molecule has 0 aliphatic carbocycles. The van der Waals surface area contributed by atoms with Crippen molar-refractivity contribution in [1.82, 2.24) is 10.5 Å². The van der Waals surface area contributed by atoms with Gasteiger partial charge in [0.2, 0.25) is 5.76 Å². The number of rotatable bonds is 7. The summed E-state index contributed by atoms with van der Waals surface area (Å²) in [4.78, 5) is 22.9. The Morgan fingerprint density at radius 1 is 1.32 bits per heavy atom. The topological polar surface area (TPSA) is 92.4 Å². The lowest BCUT2D eigenvalue weighted by Gasteiger charge is -2.17. The first-order valence-electron chi connectivity index (χ1n) is 7.04. The first-order valence-corrected chi connectivity index (χ1v) is 7.04. The molecule has 1 unspecified atom stereocenters. The van der Waals surface area contributed by atoms with Gasteiger partial charge in [-0.25, -0.2) is 0 Å². The fourth-order valence-electron chi connectivity index (χ4n) is 2.15. The van der Waals surface area contributed by atoms with Crippen molar-refractivity contribution in [3.05, 3.63) is 53.4 Å². The summed E-state index contributed by atoms with van der Waals surface area (Å²) in [6.07, 6.45) is 0.906. The van der Waals surface area contributed by atoms with E-state index in [2.05, 4.69) is 10.5 Å². The highest BCUT2D eigenvalue weighted by Gasteiger charge is 2.18. The average Bonchev–Trinajstić information content (AvgIpc) is 2.92. The largest absolute Gasteiger partial charge is 0.481 e. The molecule has 2 N–H and O–H groups in total. The number of hydrogen-bond donors (Lipinski definition) is 2. The molecule has 1 aromatic heterocycles. The highest BCUT2D eigenvalue weighted by atomic mass is 16.5. The summed E-state index contributed by atoms with van der Waals surface area (Å²) >= 11 is 0. The number of carbonyl (C=O) groups is 2. The van der Waals surface area contributed by atoms with Crippen LogP contribution in [0.4, 0.5) is 0 Å². The Kier molecular flexibility index (Phi) is 5.30. The molecule has 0 aliphatic heterocycles. The standard InChI is InChI=1S/C16H18N2O4/c1-11-9-14(22-18-11)16(21)17-13(7-8-15(19)20)10-12-5-3-2-4-6-12/h2-6,9,13H,7-8,10H2,1H3,(H,17,21)(H,19,20). The van der Waals surface area contributed by atoms with Gasteiger partial charge in [-0.3, -0.25) is 9.59 Å². The molecule has 6 nitrogen and oxygen atoms in total. The second-order valence-electron chi connectivity index (χ2n) is 5.13. The van der Waals surface area contributed by atoms with E-state index in [1.165, 1.54) is 0 Å². The van der Waals surface area contributed by atoms with Gasteiger partial charge in [0.25, 0.3) is 5.91 Å². The number of hydrogen-bond acceptors (Lipinski definition) is 4. The molecule has 0 bridgehead atoms. The van der Waals surface area contributed by atoms with Crippen molar-refractivity contribution in [2.75, 3.05) is 0 Å². The maximum atomic E-state index is 12.1. The van der Waals surface area contributed by atoms with Gasteiger partial charge < -0.3 is 14.9 Å². The minimum atomic E-state index is -0.886. The summed E-state index contributed by atoms with van der Waals surface area (Å²) in [7, 11) is 0. The number of aliphatic carboxylic acids is 1. The maximum Gasteiger partial charge on any atom is 0.303 e. The molecule has 1 heterocycles. The van der Waals surface area contributed by atoms with E-state index in [0.717, 1.165) is 5.56 Å². The van der Waals surface area contributed by atoms with E-state index in [1.807, 2.05) is 30.3 Å². The number of amides is 1. The number of aromatic nitrogens is 1. The van der Waals surface area contributed by atoms with Gasteiger partial charge in [0.15, 0.2) is 0 Å². The second kappa shape index (κ2) is 7.40. The number of aryl methyl sites for hydroxylation is 1. The Balaban J connectivity index is 2.03. The SMILES string of the molecule is Cc1cc(C(=O)NC(CCC(=O)O)Cc2ccccc2)on1. The number of nitrogens with zero attached hydrogens (tertiary/aromatic N) is 1. The van der Waals surface area contributed by atoms with Gasteiger partial charge in [0.05, 0.1) is 5.69 Å². The normalized spacial score (nSPS) is 11.9. The summed E-state index contributed by atoms with van der Waals surface area (Å²) in [5.74, 6) is -1.14. The van der Waals surface area contributed by atoms with Gasteiger partial charge in [-0.1, -0.05) is 35.5 Å². The molecule has 22 heavy (non-hydrogen) atoms. The molecule has 0 saturated heterocycles.